The molecular formula is C8H16N3+. The molecule has 3 heteroatoms. The van der Waals surface area contributed by atoms with E-state index in [1.165, 1.54) is 6.42 Å². The molecule has 2 heterocycles. The second-order valence-electron chi connectivity index (χ2n) is 3.60. The van der Waals surface area contributed by atoms with Gasteiger partial charge in [0.1, 0.15) is 12.8 Å². The Morgan fingerprint density at radius 3 is 3.27 bits per heavy atom. The lowest BCUT2D eigenvalue weighted by Crippen LogP contribution is -2.64. The SMILES string of the molecule is C[N+]12C=CCNC1CCNC2. The quantitative estimate of drug-likeness (QED) is 0.473. The van der Waals surface area contributed by atoms with E-state index < -0.39 is 0 Å². The van der Waals surface area contributed by atoms with Crippen molar-refractivity contribution in [1.82, 2.24) is 10.6 Å². The lowest BCUT2D eigenvalue weighted by molar-refractivity contribution is -0.898. The van der Waals surface area contributed by atoms with Crippen LogP contribution in [-0.2, 0) is 0 Å². The average molecular weight is 154 g/mol. The third-order valence-electron chi connectivity index (χ3n) is 2.68. The number of rotatable bonds is 0. The first-order valence-corrected chi connectivity index (χ1v) is 4.28. The van der Waals surface area contributed by atoms with Crippen molar-refractivity contribution in [2.75, 3.05) is 26.8 Å². The Labute approximate surface area is 67.7 Å². The lowest BCUT2D eigenvalue weighted by atomic mass is 10.2. The lowest BCUT2D eigenvalue weighted by Gasteiger charge is -2.43. The summed E-state index contributed by atoms with van der Waals surface area (Å²) in [6.07, 6.45) is 6.39. The van der Waals surface area contributed by atoms with E-state index >= 15 is 0 Å². The maximum Gasteiger partial charge on any atom is 0.149 e. The summed E-state index contributed by atoms with van der Waals surface area (Å²) >= 11 is 0. The summed E-state index contributed by atoms with van der Waals surface area (Å²) in [7, 11) is 2.26. The van der Waals surface area contributed by atoms with Gasteiger partial charge in [-0.2, -0.15) is 0 Å². The normalized spacial score (nSPS) is 43.5. The van der Waals surface area contributed by atoms with Gasteiger partial charge in [-0.1, -0.05) is 0 Å². The van der Waals surface area contributed by atoms with Gasteiger partial charge in [-0.25, -0.2) is 0 Å². The Kier molecular flexibility index (Phi) is 1.71. The molecule has 3 nitrogen and oxygen atoms in total. The van der Waals surface area contributed by atoms with Crippen molar-refractivity contribution >= 4 is 0 Å². The molecule has 0 saturated carbocycles. The molecule has 0 aromatic rings. The summed E-state index contributed by atoms with van der Waals surface area (Å²) in [5, 5.41) is 6.91. The molecule has 0 aromatic carbocycles. The van der Waals surface area contributed by atoms with E-state index in [0.717, 1.165) is 24.2 Å². The van der Waals surface area contributed by atoms with Gasteiger partial charge in [-0.15, -0.1) is 0 Å². The van der Waals surface area contributed by atoms with Gasteiger partial charge in [0, 0.05) is 19.5 Å². The summed E-state index contributed by atoms with van der Waals surface area (Å²) in [5.41, 5.74) is 0. The highest BCUT2D eigenvalue weighted by Gasteiger charge is 2.34. The smallest absolute Gasteiger partial charge is 0.149 e. The fraction of sp³-hybridized carbons (Fsp3) is 0.750. The van der Waals surface area contributed by atoms with E-state index in [1.54, 1.807) is 0 Å². The number of hydrogen-bond acceptors (Lipinski definition) is 2. The first kappa shape index (κ1) is 7.28. The van der Waals surface area contributed by atoms with Gasteiger partial charge in [-0.3, -0.25) is 15.1 Å². The molecule has 2 aliphatic rings. The van der Waals surface area contributed by atoms with Gasteiger partial charge < -0.3 is 0 Å². The second-order valence-corrected chi connectivity index (χ2v) is 3.60. The average Bonchev–Trinajstić information content (AvgIpc) is 2.03. The highest BCUT2D eigenvalue weighted by Crippen LogP contribution is 2.17. The molecule has 2 aliphatic heterocycles. The van der Waals surface area contributed by atoms with Crippen molar-refractivity contribution in [3.05, 3.63) is 12.3 Å². The summed E-state index contributed by atoms with van der Waals surface area (Å²) in [4.78, 5) is 0. The van der Waals surface area contributed by atoms with E-state index in [-0.39, 0.29) is 0 Å². The summed E-state index contributed by atoms with van der Waals surface area (Å²) in [5.74, 6) is 0. The molecule has 11 heavy (non-hydrogen) atoms. The Hall–Kier alpha value is -0.380. The van der Waals surface area contributed by atoms with Crippen molar-refractivity contribution in [3.63, 3.8) is 0 Å². The van der Waals surface area contributed by atoms with Gasteiger partial charge >= 0.3 is 0 Å². The zero-order valence-electron chi connectivity index (χ0n) is 7.01. The number of nitrogens with zero attached hydrogens (tertiary/aromatic N) is 1. The minimum absolute atomic E-state index is 0.640. The van der Waals surface area contributed by atoms with Crippen LogP contribution in [0.1, 0.15) is 6.42 Å². The number of hydrogen-bond donors (Lipinski definition) is 2. The molecule has 2 atom stereocenters. The maximum absolute atomic E-state index is 3.51. The second kappa shape index (κ2) is 2.59. The van der Waals surface area contributed by atoms with Crippen molar-refractivity contribution in [2.24, 2.45) is 0 Å². The van der Waals surface area contributed by atoms with E-state index in [9.17, 15) is 0 Å². The molecule has 0 amide bonds. The summed E-state index contributed by atoms with van der Waals surface area (Å²) < 4.78 is 1.01. The Morgan fingerprint density at radius 2 is 2.45 bits per heavy atom. The number of nitrogens with one attached hydrogen (secondary N) is 2. The monoisotopic (exact) mass is 154 g/mol. The number of fused-ring (bicyclic) bond motifs is 1. The third kappa shape index (κ3) is 1.20. The zero-order chi connectivity index (χ0) is 7.73. The van der Waals surface area contributed by atoms with E-state index in [2.05, 4.69) is 30.0 Å². The van der Waals surface area contributed by atoms with Crippen LogP contribution in [0, 0.1) is 0 Å². The van der Waals surface area contributed by atoms with Crippen LogP contribution in [0.4, 0.5) is 0 Å². The van der Waals surface area contributed by atoms with E-state index in [0.29, 0.717) is 6.17 Å². The minimum atomic E-state index is 0.640. The molecule has 2 N–H and O–H groups in total. The van der Waals surface area contributed by atoms with Crippen LogP contribution < -0.4 is 10.6 Å². The van der Waals surface area contributed by atoms with E-state index in [4.69, 9.17) is 0 Å². The highest BCUT2D eigenvalue weighted by atomic mass is 15.5. The molecule has 0 spiro atoms. The molecule has 1 saturated heterocycles. The number of quaternary nitrogens is 1. The molecular weight excluding hydrogens is 138 g/mol. The first-order valence-electron chi connectivity index (χ1n) is 4.28. The Bertz CT molecular complexity index is 178. The molecule has 1 fully saturated rings. The molecule has 0 bridgehead atoms. The fourth-order valence-electron chi connectivity index (χ4n) is 1.93. The van der Waals surface area contributed by atoms with Gasteiger partial charge in [0.15, 0.2) is 0 Å². The van der Waals surface area contributed by atoms with Crippen molar-refractivity contribution in [2.45, 2.75) is 12.6 Å². The van der Waals surface area contributed by atoms with Gasteiger partial charge in [0.25, 0.3) is 0 Å². The zero-order valence-corrected chi connectivity index (χ0v) is 7.01. The van der Waals surface area contributed by atoms with Crippen molar-refractivity contribution < 1.29 is 4.48 Å². The third-order valence-corrected chi connectivity index (χ3v) is 2.68. The molecule has 0 aromatic heterocycles. The summed E-state index contributed by atoms with van der Waals surface area (Å²) in [6.45, 7) is 3.26. The fourth-order valence-corrected chi connectivity index (χ4v) is 1.93. The van der Waals surface area contributed by atoms with Crippen LogP contribution in [0.5, 0.6) is 0 Å². The standard InChI is InChI=1S/C8H16N3/c1-11-6-2-4-10-8(11)3-5-9-7-11/h2,6,8-10H,3-5,7H2,1H3/q+1. The van der Waals surface area contributed by atoms with Crippen LogP contribution in [0.25, 0.3) is 0 Å². The minimum Gasteiger partial charge on any atom is -0.273 e. The Morgan fingerprint density at radius 1 is 1.55 bits per heavy atom. The molecule has 0 radical (unpaired) electrons. The predicted octanol–water partition coefficient (Wildman–Crippen LogP) is -0.173. The molecule has 2 rings (SSSR count). The summed E-state index contributed by atoms with van der Waals surface area (Å²) in [6, 6.07) is 0. The Balaban J connectivity index is 2.17. The van der Waals surface area contributed by atoms with Gasteiger partial charge in [-0.05, 0) is 6.08 Å². The predicted molar refractivity (Wildman–Crippen MR) is 44.6 cm³/mol. The first-order chi connectivity index (χ1) is 5.31. The molecule has 0 aliphatic carbocycles. The highest BCUT2D eigenvalue weighted by molar-refractivity contribution is 4.85. The van der Waals surface area contributed by atoms with E-state index in [1.807, 2.05) is 0 Å². The van der Waals surface area contributed by atoms with Crippen LogP contribution in [0.2, 0.25) is 0 Å². The van der Waals surface area contributed by atoms with Crippen molar-refractivity contribution in [3.8, 4) is 0 Å². The van der Waals surface area contributed by atoms with Gasteiger partial charge in [0.2, 0.25) is 0 Å². The van der Waals surface area contributed by atoms with Crippen LogP contribution in [0.15, 0.2) is 12.3 Å². The van der Waals surface area contributed by atoms with Crippen LogP contribution >= 0.6 is 0 Å². The van der Waals surface area contributed by atoms with Crippen molar-refractivity contribution in [1.29, 1.82) is 0 Å². The maximum atomic E-state index is 3.51. The van der Waals surface area contributed by atoms with Crippen LogP contribution in [-0.4, -0.2) is 37.5 Å². The van der Waals surface area contributed by atoms with Crippen LogP contribution in [0.3, 0.4) is 0 Å². The van der Waals surface area contributed by atoms with Gasteiger partial charge in [0.05, 0.1) is 13.2 Å². The largest absolute Gasteiger partial charge is 0.273 e. The molecule has 2 unspecified atom stereocenters. The molecule has 62 valence electrons. The topological polar surface area (TPSA) is 24.1 Å².